The number of nitrogens with one attached hydrogen (secondary N) is 1. The lowest BCUT2D eigenvalue weighted by Gasteiger charge is -2.29. The largest absolute Gasteiger partial charge is 0.378 e. The molecule has 2 aliphatic rings. The van der Waals surface area contributed by atoms with E-state index in [4.69, 9.17) is 4.74 Å². The molecular weight excluding hydrogens is 362 g/mol. The number of morpholine rings is 1. The average molecular weight is 396 g/mol. The molecule has 152 valence electrons. The Bertz CT molecular complexity index is 615. The van der Waals surface area contributed by atoms with Crippen LogP contribution in [0.25, 0.3) is 0 Å². The second kappa shape index (κ2) is 9.78. The molecule has 1 saturated heterocycles. The SMILES string of the molecule is CC(C)Cn1c(SCC(=O)NC2CCCCC2C)nnc1N1CCOCC1. The molecule has 1 amide bonds. The van der Waals surface area contributed by atoms with Gasteiger partial charge in [0.25, 0.3) is 0 Å². The standard InChI is InChI=1S/C19H33N5O2S/c1-14(2)12-24-18(23-8-10-26-11-9-23)21-22-19(24)27-13-17(25)20-16-7-5-4-6-15(16)3/h14-16H,4-13H2,1-3H3,(H,20,25). The van der Waals surface area contributed by atoms with Crippen LogP contribution in [0.15, 0.2) is 5.16 Å². The molecule has 8 heteroatoms. The molecule has 1 N–H and O–H groups in total. The first-order valence-electron chi connectivity index (χ1n) is 10.2. The third kappa shape index (κ3) is 5.60. The van der Waals surface area contributed by atoms with Crippen LogP contribution in [0.3, 0.4) is 0 Å². The number of thioether (sulfide) groups is 1. The van der Waals surface area contributed by atoms with Gasteiger partial charge in [-0.3, -0.25) is 9.36 Å². The maximum Gasteiger partial charge on any atom is 0.230 e. The van der Waals surface area contributed by atoms with Gasteiger partial charge in [-0.1, -0.05) is 45.4 Å². The fraction of sp³-hybridized carbons (Fsp3) is 0.842. The molecule has 1 saturated carbocycles. The number of aromatic nitrogens is 3. The number of rotatable bonds is 7. The van der Waals surface area contributed by atoms with Crippen molar-refractivity contribution in [2.45, 2.75) is 64.2 Å². The van der Waals surface area contributed by atoms with Crippen molar-refractivity contribution in [3.05, 3.63) is 0 Å². The first-order valence-corrected chi connectivity index (χ1v) is 11.2. The molecule has 0 bridgehead atoms. The molecule has 2 unspecified atom stereocenters. The summed E-state index contributed by atoms with van der Waals surface area (Å²) >= 11 is 1.49. The minimum absolute atomic E-state index is 0.103. The Morgan fingerprint density at radius 3 is 2.70 bits per heavy atom. The van der Waals surface area contributed by atoms with Gasteiger partial charge < -0.3 is 15.0 Å². The number of carbonyl (C=O) groups excluding carboxylic acids is 1. The second-order valence-corrected chi connectivity index (χ2v) is 9.05. The molecule has 0 spiro atoms. The van der Waals surface area contributed by atoms with E-state index in [0.717, 1.165) is 50.4 Å². The summed E-state index contributed by atoms with van der Waals surface area (Å²) in [4.78, 5) is 14.7. The number of amides is 1. The number of anilines is 1. The molecular formula is C19H33N5O2S. The molecule has 3 rings (SSSR count). The van der Waals surface area contributed by atoms with Crippen LogP contribution >= 0.6 is 11.8 Å². The molecule has 2 fully saturated rings. The maximum absolute atomic E-state index is 12.5. The van der Waals surface area contributed by atoms with Crippen molar-refractivity contribution in [2.75, 3.05) is 37.0 Å². The lowest BCUT2D eigenvalue weighted by atomic mass is 9.86. The lowest BCUT2D eigenvalue weighted by molar-refractivity contribution is -0.119. The number of nitrogens with zero attached hydrogens (tertiary/aromatic N) is 4. The van der Waals surface area contributed by atoms with Gasteiger partial charge in [0, 0.05) is 25.7 Å². The van der Waals surface area contributed by atoms with Crippen molar-refractivity contribution in [2.24, 2.45) is 11.8 Å². The summed E-state index contributed by atoms with van der Waals surface area (Å²) < 4.78 is 7.62. The second-order valence-electron chi connectivity index (χ2n) is 8.11. The first-order chi connectivity index (χ1) is 13.0. The predicted octanol–water partition coefficient (Wildman–Crippen LogP) is 2.56. The van der Waals surface area contributed by atoms with Gasteiger partial charge >= 0.3 is 0 Å². The lowest BCUT2D eigenvalue weighted by Crippen LogP contribution is -2.41. The highest BCUT2D eigenvalue weighted by Gasteiger charge is 2.24. The van der Waals surface area contributed by atoms with Crippen LogP contribution in [0.5, 0.6) is 0 Å². The Morgan fingerprint density at radius 1 is 1.26 bits per heavy atom. The Hall–Kier alpha value is -1.28. The molecule has 2 atom stereocenters. The van der Waals surface area contributed by atoms with Crippen molar-refractivity contribution in [1.29, 1.82) is 0 Å². The molecule has 1 aromatic heterocycles. The van der Waals surface area contributed by atoms with Gasteiger partial charge in [0.2, 0.25) is 11.9 Å². The van der Waals surface area contributed by atoms with Crippen LogP contribution in [0.4, 0.5) is 5.95 Å². The Kier molecular flexibility index (Phi) is 7.41. The molecule has 1 aliphatic carbocycles. The van der Waals surface area contributed by atoms with Gasteiger partial charge in [-0.25, -0.2) is 0 Å². The van der Waals surface area contributed by atoms with E-state index in [0.29, 0.717) is 23.6 Å². The zero-order valence-electron chi connectivity index (χ0n) is 16.8. The monoisotopic (exact) mass is 395 g/mol. The molecule has 7 nitrogen and oxygen atoms in total. The highest BCUT2D eigenvalue weighted by Crippen LogP contribution is 2.26. The topological polar surface area (TPSA) is 72.3 Å². The van der Waals surface area contributed by atoms with E-state index in [9.17, 15) is 4.79 Å². The summed E-state index contributed by atoms with van der Waals surface area (Å²) in [6, 6.07) is 0.323. The highest BCUT2D eigenvalue weighted by atomic mass is 32.2. The summed E-state index contributed by atoms with van der Waals surface area (Å²) in [6.45, 7) is 10.6. The Labute approximate surface area is 166 Å². The van der Waals surface area contributed by atoms with Gasteiger partial charge in [0.15, 0.2) is 5.16 Å². The molecule has 27 heavy (non-hydrogen) atoms. The number of ether oxygens (including phenoxy) is 1. The van der Waals surface area contributed by atoms with Gasteiger partial charge in [-0.05, 0) is 24.7 Å². The van der Waals surface area contributed by atoms with E-state index < -0.39 is 0 Å². The van der Waals surface area contributed by atoms with E-state index in [1.807, 2.05) is 0 Å². The molecule has 1 aliphatic heterocycles. The normalized spacial score (nSPS) is 23.6. The Balaban J connectivity index is 1.61. The zero-order valence-corrected chi connectivity index (χ0v) is 17.6. The van der Waals surface area contributed by atoms with Gasteiger partial charge in [-0.2, -0.15) is 0 Å². The van der Waals surface area contributed by atoms with Crippen molar-refractivity contribution in [1.82, 2.24) is 20.1 Å². The fourth-order valence-electron chi connectivity index (χ4n) is 3.82. The predicted molar refractivity (Wildman–Crippen MR) is 108 cm³/mol. The zero-order chi connectivity index (χ0) is 19.2. The minimum Gasteiger partial charge on any atom is -0.378 e. The third-order valence-corrected chi connectivity index (χ3v) is 6.30. The van der Waals surface area contributed by atoms with E-state index >= 15 is 0 Å². The summed E-state index contributed by atoms with van der Waals surface area (Å²) in [6.07, 6.45) is 4.81. The Morgan fingerprint density at radius 2 is 2.00 bits per heavy atom. The maximum atomic E-state index is 12.5. The van der Waals surface area contributed by atoms with E-state index in [1.54, 1.807) is 0 Å². The van der Waals surface area contributed by atoms with E-state index in [-0.39, 0.29) is 5.91 Å². The van der Waals surface area contributed by atoms with Crippen molar-refractivity contribution < 1.29 is 9.53 Å². The average Bonchev–Trinajstić information content (AvgIpc) is 3.04. The summed E-state index contributed by atoms with van der Waals surface area (Å²) in [5.74, 6) is 2.45. The van der Waals surface area contributed by atoms with Crippen molar-refractivity contribution in [3.63, 3.8) is 0 Å². The van der Waals surface area contributed by atoms with Crippen LogP contribution < -0.4 is 10.2 Å². The highest BCUT2D eigenvalue weighted by molar-refractivity contribution is 7.99. The minimum atomic E-state index is 0.103. The van der Waals surface area contributed by atoms with Gasteiger partial charge in [-0.15, -0.1) is 10.2 Å². The van der Waals surface area contributed by atoms with Gasteiger partial charge in [0.1, 0.15) is 0 Å². The van der Waals surface area contributed by atoms with Gasteiger partial charge in [0.05, 0.1) is 19.0 Å². The van der Waals surface area contributed by atoms with Crippen LogP contribution in [0.2, 0.25) is 0 Å². The first kappa shape index (κ1) is 20.5. The van der Waals surface area contributed by atoms with Crippen molar-refractivity contribution in [3.8, 4) is 0 Å². The van der Waals surface area contributed by atoms with Crippen molar-refractivity contribution >= 4 is 23.6 Å². The summed E-state index contributed by atoms with van der Waals surface area (Å²) in [7, 11) is 0. The van der Waals surface area contributed by atoms with Crippen LogP contribution in [0, 0.1) is 11.8 Å². The number of hydrogen-bond donors (Lipinski definition) is 1. The quantitative estimate of drug-likeness (QED) is 0.716. The smallest absolute Gasteiger partial charge is 0.230 e. The summed E-state index contributed by atoms with van der Waals surface area (Å²) in [5.41, 5.74) is 0. The number of carbonyl (C=O) groups is 1. The third-order valence-electron chi connectivity index (χ3n) is 5.33. The van der Waals surface area contributed by atoms with Crippen LogP contribution in [0.1, 0.15) is 46.5 Å². The van der Waals surface area contributed by atoms with Crippen LogP contribution in [-0.2, 0) is 16.1 Å². The molecule has 0 aromatic carbocycles. The molecule has 0 radical (unpaired) electrons. The molecule has 2 heterocycles. The van der Waals surface area contributed by atoms with E-state index in [2.05, 4.69) is 45.8 Å². The molecule has 1 aromatic rings. The number of hydrogen-bond acceptors (Lipinski definition) is 6. The van der Waals surface area contributed by atoms with Crippen LogP contribution in [-0.4, -0.2) is 58.8 Å². The summed E-state index contributed by atoms with van der Waals surface area (Å²) in [5, 5.41) is 12.9. The fourth-order valence-corrected chi connectivity index (χ4v) is 4.57. The van der Waals surface area contributed by atoms with E-state index in [1.165, 1.54) is 31.0 Å².